The Balaban J connectivity index is 2.20. The molecule has 0 atom stereocenters. The predicted octanol–water partition coefficient (Wildman–Crippen LogP) is 1.22. The highest BCUT2D eigenvalue weighted by Crippen LogP contribution is 2.15. The molecule has 0 saturated heterocycles. The summed E-state index contributed by atoms with van der Waals surface area (Å²) in [6, 6.07) is 10.1. The molecule has 1 aromatic heterocycles. The number of hydrogen-bond donors (Lipinski definition) is 2. The average Bonchev–Trinajstić information content (AvgIpc) is 2.89. The van der Waals surface area contributed by atoms with Crippen molar-refractivity contribution >= 4 is 10.0 Å². The zero-order valence-corrected chi connectivity index (χ0v) is 10.5. The van der Waals surface area contributed by atoms with Crippen LogP contribution in [0.2, 0.25) is 0 Å². The first-order valence-corrected chi connectivity index (χ1v) is 6.92. The Morgan fingerprint density at radius 1 is 1.17 bits per heavy atom. The third-order valence-electron chi connectivity index (χ3n) is 2.50. The fourth-order valence-electron chi connectivity index (χ4n) is 1.59. The Labute approximate surface area is 106 Å². The molecule has 0 amide bonds. The molecule has 2 rings (SSSR count). The van der Waals surface area contributed by atoms with Crippen molar-refractivity contribution in [3.8, 4) is 0 Å². The van der Waals surface area contributed by atoms with Crippen molar-refractivity contribution in [1.29, 1.82) is 0 Å². The van der Waals surface area contributed by atoms with E-state index in [1.54, 1.807) is 30.3 Å². The molecule has 0 spiro atoms. The predicted molar refractivity (Wildman–Crippen MR) is 67.1 cm³/mol. The summed E-state index contributed by atoms with van der Waals surface area (Å²) in [5, 5.41) is 0. The molecule has 0 aliphatic rings. The maximum atomic E-state index is 12.1. The van der Waals surface area contributed by atoms with Gasteiger partial charge in [-0.05, 0) is 23.8 Å². The lowest BCUT2D eigenvalue weighted by Gasteiger charge is -2.09. The molecule has 0 aliphatic carbocycles. The molecular weight excluding hydrogens is 252 g/mol. The molecule has 0 bridgehead atoms. The number of nitrogens with one attached hydrogen (secondary N) is 1. The second-order valence-electron chi connectivity index (χ2n) is 3.72. The summed E-state index contributed by atoms with van der Waals surface area (Å²) in [6.45, 7) is 0.298. The van der Waals surface area contributed by atoms with Gasteiger partial charge in [0.05, 0.1) is 17.7 Å². The van der Waals surface area contributed by atoms with Crippen molar-refractivity contribution in [2.24, 2.45) is 5.73 Å². The van der Waals surface area contributed by atoms with Crippen LogP contribution < -0.4 is 10.5 Å². The van der Waals surface area contributed by atoms with E-state index in [1.807, 2.05) is 0 Å². The lowest BCUT2D eigenvalue weighted by Crippen LogP contribution is -2.24. The maximum Gasteiger partial charge on any atom is 0.241 e. The Bertz CT molecular complexity index is 606. The molecule has 96 valence electrons. The highest BCUT2D eigenvalue weighted by atomic mass is 32.2. The van der Waals surface area contributed by atoms with Gasteiger partial charge in [0, 0.05) is 6.54 Å². The van der Waals surface area contributed by atoms with Gasteiger partial charge >= 0.3 is 0 Å². The smallest absolute Gasteiger partial charge is 0.241 e. The van der Waals surface area contributed by atoms with Crippen LogP contribution in [-0.4, -0.2) is 8.42 Å². The second kappa shape index (κ2) is 5.34. The summed E-state index contributed by atoms with van der Waals surface area (Å²) in [5.74, 6) is 0.559. The summed E-state index contributed by atoms with van der Waals surface area (Å²) >= 11 is 0. The summed E-state index contributed by atoms with van der Waals surface area (Å²) in [7, 11) is -3.57. The number of rotatable bonds is 5. The van der Waals surface area contributed by atoms with E-state index in [-0.39, 0.29) is 18.0 Å². The Hall–Kier alpha value is -1.63. The van der Waals surface area contributed by atoms with Crippen molar-refractivity contribution in [1.82, 2.24) is 4.72 Å². The second-order valence-corrected chi connectivity index (χ2v) is 5.45. The molecule has 6 heteroatoms. The van der Waals surface area contributed by atoms with E-state index in [1.165, 1.54) is 12.3 Å². The van der Waals surface area contributed by atoms with Crippen molar-refractivity contribution in [3.05, 3.63) is 54.0 Å². The molecule has 0 fully saturated rings. The van der Waals surface area contributed by atoms with Gasteiger partial charge in [0.2, 0.25) is 10.0 Å². The van der Waals surface area contributed by atoms with Gasteiger partial charge < -0.3 is 10.2 Å². The van der Waals surface area contributed by atoms with Crippen LogP contribution in [0, 0.1) is 0 Å². The quantitative estimate of drug-likeness (QED) is 0.852. The minimum absolute atomic E-state index is 0.119. The molecular formula is C12H14N2O3S. The van der Waals surface area contributed by atoms with Crippen LogP contribution in [0.4, 0.5) is 0 Å². The first-order valence-electron chi connectivity index (χ1n) is 5.43. The summed E-state index contributed by atoms with van der Waals surface area (Å²) in [5.41, 5.74) is 6.11. The average molecular weight is 266 g/mol. The van der Waals surface area contributed by atoms with E-state index in [0.717, 1.165) is 0 Å². The van der Waals surface area contributed by atoms with Crippen LogP contribution in [0.5, 0.6) is 0 Å². The Morgan fingerprint density at radius 2 is 1.94 bits per heavy atom. The van der Waals surface area contributed by atoms with Crippen molar-refractivity contribution in [2.45, 2.75) is 18.0 Å². The highest BCUT2D eigenvalue weighted by Gasteiger charge is 2.17. The molecule has 0 saturated carbocycles. The third-order valence-corrected chi connectivity index (χ3v) is 4.00. The monoisotopic (exact) mass is 266 g/mol. The van der Waals surface area contributed by atoms with Gasteiger partial charge in [-0.25, -0.2) is 13.1 Å². The normalized spacial score (nSPS) is 11.6. The fourth-order valence-corrected chi connectivity index (χ4v) is 2.83. The minimum Gasteiger partial charge on any atom is -0.468 e. The standard InChI is InChI=1S/C12H14N2O3S/c13-8-10-4-1-2-6-12(10)18(15,16)14-9-11-5-3-7-17-11/h1-7,14H,8-9,13H2. The van der Waals surface area contributed by atoms with E-state index in [2.05, 4.69) is 4.72 Å². The summed E-state index contributed by atoms with van der Waals surface area (Å²) < 4.78 is 31.7. The minimum atomic E-state index is -3.57. The number of sulfonamides is 1. The first kappa shape index (κ1) is 12.8. The van der Waals surface area contributed by atoms with E-state index in [0.29, 0.717) is 11.3 Å². The van der Waals surface area contributed by atoms with Crippen LogP contribution in [0.15, 0.2) is 52.0 Å². The van der Waals surface area contributed by atoms with E-state index in [9.17, 15) is 8.42 Å². The number of benzene rings is 1. The molecule has 0 aliphatic heterocycles. The summed E-state index contributed by atoms with van der Waals surface area (Å²) in [6.07, 6.45) is 1.50. The topological polar surface area (TPSA) is 85.3 Å². The number of nitrogens with two attached hydrogens (primary N) is 1. The van der Waals surface area contributed by atoms with Gasteiger partial charge in [-0.3, -0.25) is 0 Å². The first-order chi connectivity index (χ1) is 8.63. The van der Waals surface area contributed by atoms with Gasteiger partial charge in [-0.2, -0.15) is 0 Å². The lowest BCUT2D eigenvalue weighted by atomic mass is 10.2. The van der Waals surface area contributed by atoms with Crippen molar-refractivity contribution in [2.75, 3.05) is 0 Å². The molecule has 3 N–H and O–H groups in total. The summed E-state index contributed by atoms with van der Waals surface area (Å²) in [4.78, 5) is 0.207. The Morgan fingerprint density at radius 3 is 2.61 bits per heavy atom. The SMILES string of the molecule is NCc1ccccc1S(=O)(=O)NCc1ccco1. The van der Waals surface area contributed by atoms with E-state index < -0.39 is 10.0 Å². The lowest BCUT2D eigenvalue weighted by molar-refractivity contribution is 0.498. The van der Waals surface area contributed by atoms with Gasteiger partial charge in [0.15, 0.2) is 0 Å². The largest absolute Gasteiger partial charge is 0.468 e. The van der Waals surface area contributed by atoms with Crippen LogP contribution in [0.25, 0.3) is 0 Å². The molecule has 5 nitrogen and oxygen atoms in total. The molecule has 2 aromatic rings. The van der Waals surface area contributed by atoms with Gasteiger partial charge in [0.1, 0.15) is 5.76 Å². The van der Waals surface area contributed by atoms with Crippen LogP contribution >= 0.6 is 0 Å². The molecule has 18 heavy (non-hydrogen) atoms. The van der Waals surface area contributed by atoms with Crippen LogP contribution in [0.3, 0.4) is 0 Å². The molecule has 1 heterocycles. The van der Waals surface area contributed by atoms with Crippen LogP contribution in [-0.2, 0) is 23.1 Å². The maximum absolute atomic E-state index is 12.1. The number of hydrogen-bond acceptors (Lipinski definition) is 4. The van der Waals surface area contributed by atoms with Crippen molar-refractivity contribution < 1.29 is 12.8 Å². The Kier molecular flexibility index (Phi) is 3.81. The van der Waals surface area contributed by atoms with Crippen LogP contribution in [0.1, 0.15) is 11.3 Å². The van der Waals surface area contributed by atoms with Gasteiger partial charge in [0.25, 0.3) is 0 Å². The third kappa shape index (κ3) is 2.79. The highest BCUT2D eigenvalue weighted by molar-refractivity contribution is 7.89. The van der Waals surface area contributed by atoms with E-state index in [4.69, 9.17) is 10.2 Å². The van der Waals surface area contributed by atoms with E-state index >= 15 is 0 Å². The molecule has 0 radical (unpaired) electrons. The fraction of sp³-hybridized carbons (Fsp3) is 0.167. The van der Waals surface area contributed by atoms with Crippen molar-refractivity contribution in [3.63, 3.8) is 0 Å². The van der Waals surface area contributed by atoms with Gasteiger partial charge in [-0.15, -0.1) is 0 Å². The molecule has 0 unspecified atom stereocenters. The molecule has 1 aromatic carbocycles. The van der Waals surface area contributed by atoms with Gasteiger partial charge in [-0.1, -0.05) is 18.2 Å². The zero-order valence-electron chi connectivity index (χ0n) is 9.67. The zero-order chi connectivity index (χ0) is 13.0. The number of furan rings is 1.